The number of allylic oxidation sites excluding steroid dienone is 1. The molecule has 2 aromatic rings. The molecule has 6 heteroatoms. The van der Waals surface area contributed by atoms with Gasteiger partial charge in [-0.25, -0.2) is 9.48 Å². The predicted octanol–water partition coefficient (Wildman–Crippen LogP) is 1.57. The van der Waals surface area contributed by atoms with E-state index in [4.69, 9.17) is 5.11 Å². The predicted molar refractivity (Wildman–Crippen MR) is 68.7 cm³/mol. The van der Waals surface area contributed by atoms with Gasteiger partial charge in [0, 0.05) is 0 Å². The fourth-order valence-electron chi connectivity index (χ4n) is 2.15. The number of aromatic nitrogens is 3. The zero-order chi connectivity index (χ0) is 13.4. The topological polar surface area (TPSA) is 80.0 Å². The largest absolute Gasteiger partial charge is 0.477 e. The average Bonchev–Trinajstić information content (AvgIpc) is 2.85. The van der Waals surface area contributed by atoms with E-state index in [0.717, 1.165) is 11.1 Å². The summed E-state index contributed by atoms with van der Waals surface area (Å²) in [5, 5.41) is 16.0. The van der Waals surface area contributed by atoms with Gasteiger partial charge in [-0.05, 0) is 18.6 Å². The molecule has 0 bridgehead atoms. The van der Waals surface area contributed by atoms with Gasteiger partial charge in [0.1, 0.15) is 18.1 Å². The molecule has 0 radical (unpaired) electrons. The highest BCUT2D eigenvalue weighted by Crippen LogP contribution is 2.28. The van der Waals surface area contributed by atoms with Crippen LogP contribution in [0.1, 0.15) is 17.2 Å². The SMILES string of the molecule is Cc1cccc(C2C=C(C(=O)O)Nc3ncnn32)c1. The highest BCUT2D eigenvalue weighted by atomic mass is 16.4. The average molecular weight is 256 g/mol. The summed E-state index contributed by atoms with van der Waals surface area (Å²) in [6.07, 6.45) is 3.04. The Morgan fingerprint density at radius 1 is 1.47 bits per heavy atom. The van der Waals surface area contributed by atoms with Gasteiger partial charge < -0.3 is 10.4 Å². The molecule has 2 heterocycles. The molecule has 1 aromatic carbocycles. The summed E-state index contributed by atoms with van der Waals surface area (Å²) in [5.74, 6) is -0.571. The van der Waals surface area contributed by atoms with E-state index in [-0.39, 0.29) is 11.7 Å². The van der Waals surface area contributed by atoms with Crippen LogP contribution in [0, 0.1) is 6.92 Å². The number of carboxylic acids is 1. The number of hydrogen-bond acceptors (Lipinski definition) is 4. The Balaban J connectivity index is 2.11. The Bertz CT molecular complexity index is 675. The second kappa shape index (κ2) is 4.24. The van der Waals surface area contributed by atoms with E-state index in [2.05, 4.69) is 15.4 Å². The van der Waals surface area contributed by atoms with Crippen molar-refractivity contribution in [1.29, 1.82) is 0 Å². The zero-order valence-electron chi connectivity index (χ0n) is 10.2. The Morgan fingerprint density at radius 3 is 3.05 bits per heavy atom. The Kier molecular flexibility index (Phi) is 2.56. The molecule has 2 N–H and O–H groups in total. The number of carboxylic acid groups (broad SMARTS) is 1. The first-order chi connectivity index (χ1) is 9.15. The van der Waals surface area contributed by atoms with Gasteiger partial charge in [-0.2, -0.15) is 10.1 Å². The van der Waals surface area contributed by atoms with E-state index >= 15 is 0 Å². The number of nitrogens with zero attached hydrogens (tertiary/aromatic N) is 3. The van der Waals surface area contributed by atoms with Crippen LogP contribution in [0.15, 0.2) is 42.4 Å². The second-order valence-electron chi connectivity index (χ2n) is 4.40. The highest BCUT2D eigenvalue weighted by molar-refractivity contribution is 5.90. The van der Waals surface area contributed by atoms with Gasteiger partial charge in [-0.15, -0.1) is 0 Å². The van der Waals surface area contributed by atoms with E-state index in [1.165, 1.54) is 6.33 Å². The van der Waals surface area contributed by atoms with Gasteiger partial charge in [0.15, 0.2) is 0 Å². The van der Waals surface area contributed by atoms with E-state index in [1.54, 1.807) is 10.8 Å². The van der Waals surface area contributed by atoms with Crippen LogP contribution in [0.3, 0.4) is 0 Å². The zero-order valence-corrected chi connectivity index (χ0v) is 10.2. The number of hydrogen-bond donors (Lipinski definition) is 2. The number of benzene rings is 1. The molecule has 0 aliphatic carbocycles. The van der Waals surface area contributed by atoms with Crippen LogP contribution in [-0.2, 0) is 4.79 Å². The summed E-state index contributed by atoms with van der Waals surface area (Å²) in [5.41, 5.74) is 2.21. The number of anilines is 1. The molecule has 1 aliphatic rings. The van der Waals surface area contributed by atoms with Crippen molar-refractivity contribution in [2.24, 2.45) is 0 Å². The van der Waals surface area contributed by atoms with Crippen molar-refractivity contribution >= 4 is 11.9 Å². The lowest BCUT2D eigenvalue weighted by atomic mass is 10.0. The van der Waals surface area contributed by atoms with Crippen molar-refractivity contribution < 1.29 is 9.90 Å². The van der Waals surface area contributed by atoms with E-state index in [1.807, 2.05) is 31.2 Å². The monoisotopic (exact) mass is 256 g/mol. The summed E-state index contributed by atoms with van der Waals surface area (Å²) >= 11 is 0. The van der Waals surface area contributed by atoms with Crippen LogP contribution in [0.25, 0.3) is 0 Å². The minimum atomic E-state index is -1.01. The van der Waals surface area contributed by atoms with E-state index < -0.39 is 5.97 Å². The quantitative estimate of drug-likeness (QED) is 0.852. The molecule has 96 valence electrons. The lowest BCUT2D eigenvalue weighted by molar-refractivity contribution is -0.132. The summed E-state index contributed by atoms with van der Waals surface area (Å²) in [7, 11) is 0. The fourth-order valence-corrected chi connectivity index (χ4v) is 2.15. The van der Waals surface area contributed by atoms with Crippen molar-refractivity contribution in [2.45, 2.75) is 13.0 Å². The number of carbonyl (C=O) groups is 1. The third kappa shape index (κ3) is 1.97. The Labute approximate surface area is 109 Å². The Hall–Kier alpha value is -2.63. The molecule has 3 rings (SSSR count). The van der Waals surface area contributed by atoms with Crippen LogP contribution in [0.2, 0.25) is 0 Å². The molecule has 0 saturated heterocycles. The molecule has 6 nitrogen and oxygen atoms in total. The van der Waals surface area contributed by atoms with Crippen molar-refractivity contribution in [3.8, 4) is 0 Å². The third-order valence-corrected chi connectivity index (χ3v) is 3.02. The smallest absolute Gasteiger partial charge is 0.352 e. The van der Waals surface area contributed by atoms with Crippen LogP contribution in [0.5, 0.6) is 0 Å². The van der Waals surface area contributed by atoms with Crippen molar-refractivity contribution in [1.82, 2.24) is 14.8 Å². The molecule has 0 amide bonds. The van der Waals surface area contributed by atoms with Crippen LogP contribution >= 0.6 is 0 Å². The van der Waals surface area contributed by atoms with Crippen LogP contribution < -0.4 is 5.32 Å². The van der Waals surface area contributed by atoms with Crippen molar-refractivity contribution in [3.63, 3.8) is 0 Å². The molecule has 1 aromatic heterocycles. The molecule has 1 aliphatic heterocycles. The van der Waals surface area contributed by atoms with Gasteiger partial charge in [0.2, 0.25) is 5.95 Å². The van der Waals surface area contributed by atoms with E-state index in [9.17, 15) is 4.79 Å². The van der Waals surface area contributed by atoms with Gasteiger partial charge in [-0.3, -0.25) is 0 Å². The van der Waals surface area contributed by atoms with Crippen LogP contribution in [-0.4, -0.2) is 25.8 Å². The maximum Gasteiger partial charge on any atom is 0.352 e. The molecule has 19 heavy (non-hydrogen) atoms. The molecule has 0 fully saturated rings. The van der Waals surface area contributed by atoms with E-state index in [0.29, 0.717) is 5.95 Å². The number of rotatable bonds is 2. The molecule has 0 spiro atoms. The van der Waals surface area contributed by atoms with Gasteiger partial charge in [0.05, 0.1) is 0 Å². The standard InChI is InChI=1S/C13H12N4O2/c1-8-3-2-4-9(5-8)11-6-10(12(18)19)16-13-14-7-15-17(11)13/h2-7,11H,1H3,(H,18,19)(H,14,15,16). The number of aliphatic carboxylic acids is 1. The van der Waals surface area contributed by atoms with Crippen LogP contribution in [0.4, 0.5) is 5.95 Å². The molecule has 1 unspecified atom stereocenters. The molecular weight excluding hydrogens is 244 g/mol. The maximum atomic E-state index is 11.1. The maximum absolute atomic E-state index is 11.1. The lowest BCUT2D eigenvalue weighted by Crippen LogP contribution is -2.24. The molecular formula is C13H12N4O2. The minimum absolute atomic E-state index is 0.118. The third-order valence-electron chi connectivity index (χ3n) is 3.02. The first kappa shape index (κ1) is 11.5. The summed E-state index contributed by atoms with van der Waals surface area (Å²) < 4.78 is 1.67. The first-order valence-corrected chi connectivity index (χ1v) is 5.83. The molecule has 1 atom stereocenters. The number of nitrogens with one attached hydrogen (secondary N) is 1. The summed E-state index contributed by atoms with van der Waals surface area (Å²) in [4.78, 5) is 15.2. The normalized spacial score (nSPS) is 17.3. The lowest BCUT2D eigenvalue weighted by Gasteiger charge is -2.22. The number of aryl methyl sites for hydroxylation is 1. The summed E-state index contributed by atoms with van der Waals surface area (Å²) in [6.45, 7) is 1.99. The first-order valence-electron chi connectivity index (χ1n) is 5.83. The van der Waals surface area contributed by atoms with Gasteiger partial charge >= 0.3 is 5.97 Å². The van der Waals surface area contributed by atoms with Gasteiger partial charge in [-0.1, -0.05) is 29.8 Å². The second-order valence-corrected chi connectivity index (χ2v) is 4.40. The van der Waals surface area contributed by atoms with Gasteiger partial charge in [0.25, 0.3) is 0 Å². The summed E-state index contributed by atoms with van der Waals surface area (Å²) in [6, 6.07) is 7.64. The van der Waals surface area contributed by atoms with Crippen molar-refractivity contribution in [2.75, 3.05) is 5.32 Å². The minimum Gasteiger partial charge on any atom is -0.477 e. The Morgan fingerprint density at radius 2 is 2.32 bits per heavy atom. The molecule has 0 saturated carbocycles. The number of fused-ring (bicyclic) bond motifs is 1. The van der Waals surface area contributed by atoms with Crippen molar-refractivity contribution in [3.05, 3.63) is 53.5 Å². The fraction of sp³-hybridized carbons (Fsp3) is 0.154. The highest BCUT2D eigenvalue weighted by Gasteiger charge is 2.25.